The zero-order chi connectivity index (χ0) is 21.1. The average Bonchev–Trinajstić information content (AvgIpc) is 3.22. The molecule has 29 heavy (non-hydrogen) atoms. The number of rotatable bonds is 6. The van der Waals surface area contributed by atoms with Gasteiger partial charge in [-0.3, -0.25) is 4.79 Å². The molecule has 0 aliphatic heterocycles. The van der Waals surface area contributed by atoms with Gasteiger partial charge in [-0.05, 0) is 46.7 Å². The maximum atomic E-state index is 13.2. The maximum Gasteiger partial charge on any atom is 0.251 e. The number of hydrogen-bond acceptors (Lipinski definition) is 4. The first-order valence-corrected chi connectivity index (χ1v) is 11.8. The molecule has 1 atom stereocenters. The second kappa shape index (κ2) is 8.51. The Kier molecular flexibility index (Phi) is 6.24. The van der Waals surface area contributed by atoms with E-state index in [1.165, 1.54) is 11.3 Å². The van der Waals surface area contributed by atoms with Gasteiger partial charge in [0.15, 0.2) is 9.84 Å². The van der Waals surface area contributed by atoms with Crippen molar-refractivity contribution in [3.05, 3.63) is 88.1 Å². The first-order chi connectivity index (χ1) is 13.7. The molecule has 0 aliphatic rings. The number of nitrogens with one attached hydrogen (secondary N) is 1. The number of amides is 1. The molecule has 0 radical (unpaired) electrons. The van der Waals surface area contributed by atoms with Gasteiger partial charge in [0, 0.05) is 17.0 Å². The molecule has 3 aromatic rings. The number of hydrogen-bond donors (Lipinski definition) is 1. The van der Waals surface area contributed by atoms with Crippen molar-refractivity contribution in [1.29, 1.82) is 0 Å². The van der Waals surface area contributed by atoms with Crippen LogP contribution < -0.4 is 5.32 Å². The monoisotopic (exact) mass is 427 g/mol. The normalized spacial score (nSPS) is 13.1. The second-order valence-corrected chi connectivity index (χ2v) is 11.0. The van der Waals surface area contributed by atoms with Crippen LogP contribution in [0, 0.1) is 0 Å². The lowest BCUT2D eigenvalue weighted by Crippen LogP contribution is -2.31. The largest absolute Gasteiger partial charge is 0.350 e. The molecule has 0 aliphatic carbocycles. The zero-order valence-electron chi connectivity index (χ0n) is 16.8. The highest BCUT2D eigenvalue weighted by Gasteiger charge is 2.30. The van der Waals surface area contributed by atoms with Gasteiger partial charge < -0.3 is 5.32 Å². The van der Waals surface area contributed by atoms with Crippen molar-refractivity contribution < 1.29 is 13.2 Å². The number of carbonyl (C=O) groups excluding carboxylic acids is 1. The van der Waals surface area contributed by atoms with E-state index in [-0.39, 0.29) is 22.8 Å². The molecule has 1 heterocycles. The first-order valence-electron chi connectivity index (χ1n) is 9.40. The van der Waals surface area contributed by atoms with E-state index in [1.54, 1.807) is 48.5 Å². The van der Waals surface area contributed by atoms with Gasteiger partial charge in [-0.25, -0.2) is 8.42 Å². The van der Waals surface area contributed by atoms with E-state index >= 15 is 0 Å². The van der Waals surface area contributed by atoms with Crippen molar-refractivity contribution in [2.75, 3.05) is 6.54 Å². The van der Waals surface area contributed by atoms with Crippen LogP contribution in [0.15, 0.2) is 77.0 Å². The Bertz CT molecular complexity index is 1050. The third kappa shape index (κ3) is 4.95. The zero-order valence-corrected chi connectivity index (χ0v) is 18.4. The third-order valence-electron chi connectivity index (χ3n) is 4.77. The number of benzene rings is 2. The van der Waals surface area contributed by atoms with Gasteiger partial charge in [0.2, 0.25) is 0 Å². The molecule has 1 N–H and O–H groups in total. The smallest absolute Gasteiger partial charge is 0.251 e. The molecule has 1 amide bonds. The summed E-state index contributed by atoms with van der Waals surface area (Å²) in [5.41, 5.74) is 1.65. The number of thiophene rings is 1. The van der Waals surface area contributed by atoms with Crippen LogP contribution in [0.5, 0.6) is 0 Å². The van der Waals surface area contributed by atoms with Crippen LogP contribution in [0.1, 0.15) is 46.8 Å². The van der Waals surface area contributed by atoms with Gasteiger partial charge in [0.1, 0.15) is 5.25 Å². The number of carbonyl (C=O) groups is 1. The average molecular weight is 428 g/mol. The van der Waals surface area contributed by atoms with Crippen LogP contribution in [-0.2, 0) is 15.3 Å². The predicted molar refractivity (Wildman–Crippen MR) is 118 cm³/mol. The Morgan fingerprint density at radius 1 is 0.966 bits per heavy atom. The van der Waals surface area contributed by atoms with Crippen LogP contribution in [0.4, 0.5) is 0 Å². The van der Waals surface area contributed by atoms with Crippen LogP contribution in [0.25, 0.3) is 0 Å². The lowest BCUT2D eigenvalue weighted by atomic mass is 9.87. The molecule has 0 saturated carbocycles. The summed E-state index contributed by atoms with van der Waals surface area (Å²) in [6.07, 6.45) is 0. The van der Waals surface area contributed by atoms with Gasteiger partial charge >= 0.3 is 0 Å². The minimum atomic E-state index is -3.63. The quantitative estimate of drug-likeness (QED) is 0.603. The molecule has 0 spiro atoms. The number of sulfone groups is 1. The van der Waals surface area contributed by atoms with Gasteiger partial charge in [0.05, 0.1) is 4.90 Å². The van der Waals surface area contributed by atoms with Gasteiger partial charge in [-0.2, -0.15) is 0 Å². The van der Waals surface area contributed by atoms with Crippen molar-refractivity contribution in [2.24, 2.45) is 0 Å². The predicted octanol–water partition coefficient (Wildman–Crippen LogP) is 4.99. The van der Waals surface area contributed by atoms with Crippen molar-refractivity contribution in [2.45, 2.75) is 36.3 Å². The Morgan fingerprint density at radius 2 is 1.62 bits per heavy atom. The minimum absolute atomic E-state index is 0.00301. The van der Waals surface area contributed by atoms with Crippen molar-refractivity contribution >= 4 is 27.1 Å². The molecular formula is C23H25NO3S2. The summed E-state index contributed by atoms with van der Waals surface area (Å²) >= 11 is 1.37. The summed E-state index contributed by atoms with van der Waals surface area (Å²) < 4.78 is 26.4. The molecule has 1 aromatic heterocycles. The SMILES string of the molecule is CC(C)(C)c1ccc(C(=O)NCC(c2cccs2)S(=O)(=O)c2ccccc2)cc1. The van der Waals surface area contributed by atoms with Gasteiger partial charge in [0.25, 0.3) is 5.91 Å². The third-order valence-corrected chi connectivity index (χ3v) is 8.00. The molecule has 1 unspecified atom stereocenters. The Hall–Kier alpha value is -2.44. The van der Waals surface area contributed by atoms with E-state index in [4.69, 9.17) is 0 Å². The molecule has 0 bridgehead atoms. The molecular weight excluding hydrogens is 402 g/mol. The van der Waals surface area contributed by atoms with Crippen LogP contribution in [0.2, 0.25) is 0 Å². The van der Waals surface area contributed by atoms with E-state index in [9.17, 15) is 13.2 Å². The first kappa shape index (κ1) is 21.3. The fourth-order valence-corrected chi connectivity index (χ4v) is 5.83. The molecule has 4 nitrogen and oxygen atoms in total. The van der Waals surface area contributed by atoms with Gasteiger partial charge in [-0.1, -0.05) is 57.2 Å². The lowest BCUT2D eigenvalue weighted by molar-refractivity contribution is 0.0953. The fourth-order valence-electron chi connectivity index (χ4n) is 3.02. The van der Waals surface area contributed by atoms with E-state index < -0.39 is 15.1 Å². The van der Waals surface area contributed by atoms with Crippen molar-refractivity contribution in [1.82, 2.24) is 5.32 Å². The van der Waals surface area contributed by atoms with E-state index in [1.807, 2.05) is 23.6 Å². The van der Waals surface area contributed by atoms with Crippen LogP contribution in [0.3, 0.4) is 0 Å². The molecule has 3 rings (SSSR count). The maximum absolute atomic E-state index is 13.2. The Morgan fingerprint density at radius 3 is 2.17 bits per heavy atom. The second-order valence-electron chi connectivity index (χ2n) is 7.90. The molecule has 6 heteroatoms. The topological polar surface area (TPSA) is 63.2 Å². The molecule has 2 aromatic carbocycles. The van der Waals surface area contributed by atoms with Crippen LogP contribution >= 0.6 is 11.3 Å². The fraction of sp³-hybridized carbons (Fsp3) is 0.261. The van der Waals surface area contributed by atoms with E-state index in [0.29, 0.717) is 10.4 Å². The van der Waals surface area contributed by atoms with Gasteiger partial charge in [-0.15, -0.1) is 11.3 Å². The summed E-state index contributed by atoms with van der Waals surface area (Å²) in [6.45, 7) is 6.35. The lowest BCUT2D eigenvalue weighted by Gasteiger charge is -2.19. The highest BCUT2D eigenvalue weighted by atomic mass is 32.2. The summed E-state index contributed by atoms with van der Waals surface area (Å²) in [7, 11) is -3.63. The van der Waals surface area contributed by atoms with Crippen molar-refractivity contribution in [3.8, 4) is 0 Å². The Balaban J connectivity index is 1.80. The molecule has 0 saturated heterocycles. The summed E-state index contributed by atoms with van der Waals surface area (Å²) in [5.74, 6) is -0.282. The summed E-state index contributed by atoms with van der Waals surface area (Å²) in [6, 6.07) is 19.4. The Labute approximate surface area is 176 Å². The highest BCUT2D eigenvalue weighted by Crippen LogP contribution is 2.31. The van der Waals surface area contributed by atoms with E-state index in [2.05, 4.69) is 26.1 Å². The van der Waals surface area contributed by atoms with Crippen LogP contribution in [-0.4, -0.2) is 20.9 Å². The molecule has 0 fully saturated rings. The van der Waals surface area contributed by atoms with Crippen molar-refractivity contribution in [3.63, 3.8) is 0 Å². The summed E-state index contributed by atoms with van der Waals surface area (Å²) in [5, 5.41) is 3.82. The summed E-state index contributed by atoms with van der Waals surface area (Å²) in [4.78, 5) is 13.6. The standard InChI is InChI=1S/C23H25NO3S2/c1-23(2,3)18-13-11-17(12-14-18)22(25)24-16-21(20-10-7-15-28-20)29(26,27)19-8-5-4-6-9-19/h4-15,21H,16H2,1-3H3,(H,24,25). The highest BCUT2D eigenvalue weighted by molar-refractivity contribution is 7.91. The molecule has 152 valence electrons. The van der Waals surface area contributed by atoms with E-state index in [0.717, 1.165) is 5.56 Å². The minimum Gasteiger partial charge on any atom is -0.350 e.